The summed E-state index contributed by atoms with van der Waals surface area (Å²) in [4.78, 5) is 11.2. The average molecular weight is 329 g/mol. The molecule has 0 spiro atoms. The molecule has 128 valence electrons. The molecule has 0 radical (unpaired) electrons. The average Bonchev–Trinajstić information content (AvgIpc) is 3.36. The number of morpholine rings is 1. The van der Waals surface area contributed by atoms with Crippen LogP contribution in [0.3, 0.4) is 0 Å². The Morgan fingerprint density at radius 2 is 2.29 bits per heavy atom. The molecule has 0 bridgehead atoms. The zero-order chi connectivity index (χ0) is 16.4. The van der Waals surface area contributed by atoms with Crippen LogP contribution in [0.5, 0.6) is 0 Å². The molecular weight excluding hydrogens is 306 g/mol. The molecule has 2 aromatic rings. The summed E-state index contributed by atoms with van der Waals surface area (Å²) in [5, 5.41) is 13.8. The SMILES string of the molecule is CNC[C@H]1CN(c2nccc(Nc3cc(C4CC4)[nH]n3)n2)CCO1. The Morgan fingerprint density at radius 1 is 1.38 bits per heavy atom. The van der Waals surface area contributed by atoms with Gasteiger partial charge in [-0.15, -0.1) is 0 Å². The molecule has 2 aromatic heterocycles. The van der Waals surface area contributed by atoms with Crippen molar-refractivity contribution < 1.29 is 4.74 Å². The molecule has 2 aliphatic rings. The fourth-order valence-corrected chi connectivity index (χ4v) is 2.96. The lowest BCUT2D eigenvalue weighted by atomic mass is 10.3. The number of aromatic nitrogens is 4. The van der Waals surface area contributed by atoms with Gasteiger partial charge in [0.25, 0.3) is 0 Å². The van der Waals surface area contributed by atoms with Crippen molar-refractivity contribution in [1.29, 1.82) is 0 Å². The third kappa shape index (κ3) is 3.49. The highest BCUT2D eigenvalue weighted by Crippen LogP contribution is 2.39. The van der Waals surface area contributed by atoms with Crippen molar-refractivity contribution in [2.75, 3.05) is 43.5 Å². The second-order valence-electron chi connectivity index (χ2n) is 6.35. The standard InChI is InChI=1S/C16H23N7O/c1-17-9-12-10-23(6-7-24-12)16-18-5-4-14(20-16)19-15-8-13(21-22-15)11-2-3-11/h4-5,8,11-12,17H,2-3,6-7,9-10H2,1H3,(H2,18,19,20,21,22)/t12-/m0/s1. The van der Waals surface area contributed by atoms with Crippen LogP contribution in [0, 0.1) is 0 Å². The third-order valence-corrected chi connectivity index (χ3v) is 4.37. The molecule has 8 nitrogen and oxygen atoms in total. The number of anilines is 3. The smallest absolute Gasteiger partial charge is 0.227 e. The van der Waals surface area contributed by atoms with Crippen LogP contribution < -0.4 is 15.5 Å². The number of ether oxygens (including phenoxy) is 1. The molecule has 0 amide bonds. The van der Waals surface area contributed by atoms with E-state index in [0.29, 0.717) is 12.5 Å². The van der Waals surface area contributed by atoms with E-state index in [9.17, 15) is 0 Å². The Balaban J connectivity index is 1.44. The largest absolute Gasteiger partial charge is 0.373 e. The summed E-state index contributed by atoms with van der Waals surface area (Å²) in [6.07, 6.45) is 4.45. The van der Waals surface area contributed by atoms with Crippen molar-refractivity contribution in [3.05, 3.63) is 24.0 Å². The topological polar surface area (TPSA) is 91.0 Å². The van der Waals surface area contributed by atoms with E-state index < -0.39 is 0 Å². The van der Waals surface area contributed by atoms with Crippen LogP contribution in [0.1, 0.15) is 24.5 Å². The first kappa shape index (κ1) is 15.3. The van der Waals surface area contributed by atoms with Crippen molar-refractivity contribution >= 4 is 17.6 Å². The lowest BCUT2D eigenvalue weighted by Crippen LogP contribution is -2.46. The predicted octanol–water partition coefficient (Wildman–Crippen LogP) is 1.25. The second-order valence-corrected chi connectivity index (χ2v) is 6.35. The predicted molar refractivity (Wildman–Crippen MR) is 91.8 cm³/mol. The van der Waals surface area contributed by atoms with Crippen molar-refractivity contribution in [3.8, 4) is 0 Å². The number of H-pyrrole nitrogens is 1. The minimum atomic E-state index is 0.163. The van der Waals surface area contributed by atoms with E-state index in [-0.39, 0.29) is 6.10 Å². The third-order valence-electron chi connectivity index (χ3n) is 4.37. The summed E-state index contributed by atoms with van der Waals surface area (Å²) < 4.78 is 5.74. The van der Waals surface area contributed by atoms with Gasteiger partial charge < -0.3 is 20.3 Å². The number of likely N-dealkylation sites (N-methyl/N-ethyl adjacent to an activating group) is 1. The van der Waals surface area contributed by atoms with Crippen LogP contribution in [-0.4, -0.2) is 59.6 Å². The highest BCUT2D eigenvalue weighted by molar-refractivity contribution is 5.53. The molecule has 8 heteroatoms. The lowest BCUT2D eigenvalue weighted by molar-refractivity contribution is 0.0416. The van der Waals surface area contributed by atoms with Crippen LogP contribution in [-0.2, 0) is 4.74 Å². The molecule has 1 aliphatic carbocycles. The molecule has 1 saturated heterocycles. The highest BCUT2D eigenvalue weighted by atomic mass is 16.5. The summed E-state index contributed by atoms with van der Waals surface area (Å²) in [5.41, 5.74) is 1.20. The Bertz CT molecular complexity index is 683. The van der Waals surface area contributed by atoms with Crippen molar-refractivity contribution in [2.24, 2.45) is 0 Å². The van der Waals surface area contributed by atoms with Crippen LogP contribution in [0.25, 0.3) is 0 Å². The normalized spacial score (nSPS) is 21.0. The number of aromatic amines is 1. The van der Waals surface area contributed by atoms with Gasteiger partial charge in [-0.2, -0.15) is 10.1 Å². The van der Waals surface area contributed by atoms with E-state index in [1.165, 1.54) is 18.5 Å². The Hall–Kier alpha value is -2.19. The molecule has 3 heterocycles. The fourth-order valence-electron chi connectivity index (χ4n) is 2.96. The molecule has 24 heavy (non-hydrogen) atoms. The van der Waals surface area contributed by atoms with Gasteiger partial charge in [0.1, 0.15) is 5.82 Å². The number of rotatable bonds is 6. The van der Waals surface area contributed by atoms with Gasteiger partial charge in [0.05, 0.1) is 12.7 Å². The molecule has 4 rings (SSSR count). The zero-order valence-corrected chi connectivity index (χ0v) is 13.8. The van der Waals surface area contributed by atoms with E-state index in [1.807, 2.05) is 13.1 Å². The molecule has 1 aliphatic heterocycles. The van der Waals surface area contributed by atoms with Gasteiger partial charge in [0.15, 0.2) is 5.82 Å². The highest BCUT2D eigenvalue weighted by Gasteiger charge is 2.25. The molecule has 2 fully saturated rings. The number of nitrogens with one attached hydrogen (secondary N) is 3. The van der Waals surface area contributed by atoms with Crippen LogP contribution >= 0.6 is 0 Å². The van der Waals surface area contributed by atoms with Crippen molar-refractivity contribution in [3.63, 3.8) is 0 Å². The first-order valence-electron chi connectivity index (χ1n) is 8.48. The maximum Gasteiger partial charge on any atom is 0.227 e. The van der Waals surface area contributed by atoms with Crippen molar-refractivity contribution in [2.45, 2.75) is 24.9 Å². The maximum atomic E-state index is 5.74. The molecule has 1 saturated carbocycles. The molecule has 1 atom stereocenters. The first-order chi connectivity index (χ1) is 11.8. The molecule has 3 N–H and O–H groups in total. The Labute approximate surface area is 141 Å². The van der Waals surface area contributed by atoms with Gasteiger partial charge in [0.2, 0.25) is 5.95 Å². The number of hydrogen-bond donors (Lipinski definition) is 3. The maximum absolute atomic E-state index is 5.74. The molecule has 0 unspecified atom stereocenters. The summed E-state index contributed by atoms with van der Waals surface area (Å²) >= 11 is 0. The minimum Gasteiger partial charge on any atom is -0.373 e. The first-order valence-corrected chi connectivity index (χ1v) is 8.48. The van der Waals surface area contributed by atoms with E-state index in [0.717, 1.165) is 37.2 Å². The van der Waals surface area contributed by atoms with E-state index >= 15 is 0 Å². The zero-order valence-electron chi connectivity index (χ0n) is 13.8. The minimum absolute atomic E-state index is 0.163. The van der Waals surface area contributed by atoms with Gasteiger partial charge in [-0.25, -0.2) is 4.98 Å². The van der Waals surface area contributed by atoms with E-state index in [1.54, 1.807) is 6.20 Å². The van der Waals surface area contributed by atoms with Gasteiger partial charge >= 0.3 is 0 Å². The fraction of sp³-hybridized carbons (Fsp3) is 0.562. The van der Waals surface area contributed by atoms with E-state index in [4.69, 9.17) is 4.74 Å². The number of nitrogens with zero attached hydrogens (tertiary/aromatic N) is 4. The molecular formula is C16H23N7O. The Kier molecular flexibility index (Phi) is 4.31. The van der Waals surface area contributed by atoms with Gasteiger partial charge in [-0.1, -0.05) is 0 Å². The van der Waals surface area contributed by atoms with Crippen LogP contribution in [0.2, 0.25) is 0 Å². The second kappa shape index (κ2) is 6.74. The van der Waals surface area contributed by atoms with Gasteiger partial charge in [0, 0.05) is 43.5 Å². The van der Waals surface area contributed by atoms with Crippen molar-refractivity contribution in [1.82, 2.24) is 25.5 Å². The van der Waals surface area contributed by atoms with Gasteiger partial charge in [-0.3, -0.25) is 5.10 Å². The summed E-state index contributed by atoms with van der Waals surface area (Å²) in [6.45, 7) is 3.11. The Morgan fingerprint density at radius 3 is 3.12 bits per heavy atom. The quantitative estimate of drug-likeness (QED) is 0.734. The van der Waals surface area contributed by atoms with Crippen LogP contribution in [0.15, 0.2) is 18.3 Å². The van der Waals surface area contributed by atoms with Gasteiger partial charge in [-0.05, 0) is 26.0 Å². The monoisotopic (exact) mass is 329 g/mol. The van der Waals surface area contributed by atoms with E-state index in [2.05, 4.69) is 41.8 Å². The summed E-state index contributed by atoms with van der Waals surface area (Å²) in [5.74, 6) is 2.94. The van der Waals surface area contributed by atoms with Crippen LogP contribution in [0.4, 0.5) is 17.6 Å². The summed E-state index contributed by atoms with van der Waals surface area (Å²) in [6, 6.07) is 3.93. The number of hydrogen-bond acceptors (Lipinski definition) is 7. The molecule has 0 aromatic carbocycles. The lowest BCUT2D eigenvalue weighted by Gasteiger charge is -2.32. The summed E-state index contributed by atoms with van der Waals surface area (Å²) in [7, 11) is 1.93.